The lowest BCUT2D eigenvalue weighted by Crippen LogP contribution is -2.39. The summed E-state index contributed by atoms with van der Waals surface area (Å²) >= 11 is 0. The normalized spacial score (nSPS) is 21.0. The lowest BCUT2D eigenvalue weighted by Gasteiger charge is -2.25. The summed E-state index contributed by atoms with van der Waals surface area (Å²) in [6, 6.07) is 15.6. The van der Waals surface area contributed by atoms with E-state index in [1.807, 2.05) is 35.2 Å². The zero-order valence-electron chi connectivity index (χ0n) is 21.6. The summed E-state index contributed by atoms with van der Waals surface area (Å²) in [5.74, 6) is -2.02. The van der Waals surface area contributed by atoms with Crippen molar-refractivity contribution in [1.82, 2.24) is 15.5 Å². The van der Waals surface area contributed by atoms with Gasteiger partial charge in [0.25, 0.3) is 0 Å². The fraction of sp³-hybridized carbons (Fsp3) is 0.448. The summed E-state index contributed by atoms with van der Waals surface area (Å²) in [4.78, 5) is 39.4. The molecule has 6 N–H and O–H groups in total. The largest absolute Gasteiger partial charge is 0.481 e. The summed E-state index contributed by atoms with van der Waals surface area (Å²) in [5, 5.41) is 23.4. The molecule has 202 valence electrons. The predicted octanol–water partition coefficient (Wildman–Crippen LogP) is 2.03. The number of benzene rings is 2. The van der Waals surface area contributed by atoms with Crippen LogP contribution in [0.3, 0.4) is 0 Å². The molecule has 2 amide bonds. The Balaban J connectivity index is 1.36. The maximum atomic E-state index is 13.2. The Labute approximate surface area is 223 Å². The minimum atomic E-state index is -0.964. The van der Waals surface area contributed by atoms with E-state index in [0.29, 0.717) is 38.0 Å². The zero-order valence-corrected chi connectivity index (χ0v) is 21.6. The Morgan fingerprint density at radius 1 is 1.18 bits per heavy atom. The number of hydrogen-bond acceptors (Lipinski definition) is 5. The molecular formula is C29H37N5O4. The predicted molar refractivity (Wildman–Crippen MR) is 145 cm³/mol. The molecule has 0 radical (unpaired) electrons. The number of nitrogens with zero attached hydrogens (tertiary/aromatic N) is 1. The molecule has 2 aliphatic rings. The van der Waals surface area contributed by atoms with Crippen LogP contribution in [0.4, 0.5) is 0 Å². The van der Waals surface area contributed by atoms with Gasteiger partial charge in [0.1, 0.15) is 5.84 Å². The van der Waals surface area contributed by atoms with E-state index in [-0.39, 0.29) is 36.0 Å². The van der Waals surface area contributed by atoms with Gasteiger partial charge in [-0.25, -0.2) is 0 Å². The minimum absolute atomic E-state index is 0.00615. The Hall–Kier alpha value is -3.72. The van der Waals surface area contributed by atoms with E-state index in [9.17, 15) is 19.5 Å². The van der Waals surface area contributed by atoms with E-state index < -0.39 is 11.9 Å². The molecule has 2 heterocycles. The summed E-state index contributed by atoms with van der Waals surface area (Å²) in [6.45, 7) is 2.24. The summed E-state index contributed by atoms with van der Waals surface area (Å²) in [7, 11) is 0. The van der Waals surface area contributed by atoms with Crippen LogP contribution in [-0.4, -0.2) is 65.8 Å². The molecule has 1 fully saturated rings. The van der Waals surface area contributed by atoms with E-state index in [0.717, 1.165) is 36.9 Å². The fourth-order valence-corrected chi connectivity index (χ4v) is 5.65. The summed E-state index contributed by atoms with van der Waals surface area (Å²) in [6.07, 6.45) is 3.31. The van der Waals surface area contributed by atoms with Crippen LogP contribution in [-0.2, 0) is 27.2 Å². The monoisotopic (exact) mass is 519 g/mol. The number of amidine groups is 1. The first kappa shape index (κ1) is 27.3. The Morgan fingerprint density at radius 3 is 2.71 bits per heavy atom. The molecule has 3 atom stereocenters. The number of nitrogen functional groups attached to an aromatic ring is 1. The maximum Gasteiger partial charge on any atom is 0.304 e. The first-order valence-corrected chi connectivity index (χ1v) is 13.3. The van der Waals surface area contributed by atoms with Crippen molar-refractivity contribution in [3.05, 3.63) is 70.8 Å². The van der Waals surface area contributed by atoms with Gasteiger partial charge in [-0.15, -0.1) is 0 Å². The van der Waals surface area contributed by atoms with Crippen LogP contribution in [0.15, 0.2) is 48.5 Å². The van der Waals surface area contributed by atoms with Gasteiger partial charge in [-0.05, 0) is 61.4 Å². The highest BCUT2D eigenvalue weighted by Crippen LogP contribution is 2.30. The summed E-state index contributed by atoms with van der Waals surface area (Å²) < 4.78 is 0. The van der Waals surface area contributed by atoms with Crippen LogP contribution >= 0.6 is 0 Å². The third-order valence-corrected chi connectivity index (χ3v) is 7.60. The van der Waals surface area contributed by atoms with Crippen molar-refractivity contribution in [1.29, 1.82) is 5.41 Å². The van der Waals surface area contributed by atoms with Gasteiger partial charge in [-0.3, -0.25) is 19.8 Å². The number of aliphatic carboxylic acids is 1. The van der Waals surface area contributed by atoms with Crippen LogP contribution in [0.5, 0.6) is 0 Å². The molecule has 4 rings (SSSR count). The highest BCUT2D eigenvalue weighted by atomic mass is 16.4. The average Bonchev–Trinajstić information content (AvgIpc) is 3.05. The average molecular weight is 520 g/mol. The van der Waals surface area contributed by atoms with E-state index in [1.165, 1.54) is 5.56 Å². The SMILES string of the molecule is N=C(N)c1ccc2c(c1)CCNCC2C(=O)NCC[C@@H]1C[C@@H](CC(=O)O)C(=O)N1CCCc1ccccc1. The van der Waals surface area contributed by atoms with Crippen molar-refractivity contribution >= 4 is 23.6 Å². The van der Waals surface area contributed by atoms with Crippen molar-refractivity contribution in [2.75, 3.05) is 26.2 Å². The van der Waals surface area contributed by atoms with Crippen molar-refractivity contribution < 1.29 is 19.5 Å². The van der Waals surface area contributed by atoms with Gasteiger partial charge in [0.15, 0.2) is 0 Å². The van der Waals surface area contributed by atoms with Crippen LogP contribution in [0.1, 0.15) is 53.9 Å². The van der Waals surface area contributed by atoms with Gasteiger partial charge in [0.2, 0.25) is 11.8 Å². The molecule has 2 aromatic carbocycles. The third kappa shape index (κ3) is 6.77. The molecule has 0 saturated carbocycles. The standard InChI is InChI=1S/C29H37N5O4/c30-27(31)21-8-9-24-20(15-21)10-12-32-18-25(24)28(37)33-13-11-23-16-22(17-26(35)36)29(38)34(23)14-4-7-19-5-2-1-3-6-19/h1-3,5-6,8-9,15,22-23,25,32H,4,7,10-14,16-18H2,(H3,30,31)(H,33,37)(H,35,36)/t22-,23+,25?/m0/s1. The Kier molecular flexibility index (Phi) is 9.12. The molecular weight excluding hydrogens is 482 g/mol. The fourth-order valence-electron chi connectivity index (χ4n) is 5.65. The number of carbonyl (C=O) groups excluding carboxylic acids is 2. The van der Waals surface area contributed by atoms with Crippen LogP contribution < -0.4 is 16.4 Å². The van der Waals surface area contributed by atoms with Crippen molar-refractivity contribution in [3.63, 3.8) is 0 Å². The first-order chi connectivity index (χ1) is 18.3. The van der Waals surface area contributed by atoms with Crippen molar-refractivity contribution in [2.24, 2.45) is 11.7 Å². The lowest BCUT2D eigenvalue weighted by atomic mass is 9.91. The van der Waals surface area contributed by atoms with Gasteiger partial charge < -0.3 is 26.4 Å². The number of likely N-dealkylation sites (tertiary alicyclic amines) is 1. The van der Waals surface area contributed by atoms with E-state index in [2.05, 4.69) is 22.8 Å². The molecule has 2 aliphatic heterocycles. The van der Waals surface area contributed by atoms with Gasteiger partial charge in [0.05, 0.1) is 18.3 Å². The lowest BCUT2D eigenvalue weighted by molar-refractivity contribution is -0.142. The Bertz CT molecular complexity index is 1170. The molecule has 0 aromatic heterocycles. The van der Waals surface area contributed by atoms with Gasteiger partial charge in [-0.2, -0.15) is 0 Å². The highest BCUT2D eigenvalue weighted by molar-refractivity contribution is 5.95. The van der Waals surface area contributed by atoms with Crippen LogP contribution in [0.2, 0.25) is 0 Å². The number of rotatable bonds is 11. The quantitative estimate of drug-likeness (QED) is 0.227. The van der Waals surface area contributed by atoms with E-state index in [1.54, 1.807) is 6.07 Å². The number of carbonyl (C=O) groups is 3. The van der Waals surface area contributed by atoms with Gasteiger partial charge in [-0.1, -0.05) is 42.5 Å². The van der Waals surface area contributed by atoms with Crippen molar-refractivity contribution in [3.8, 4) is 0 Å². The topological polar surface area (TPSA) is 149 Å². The molecule has 0 bridgehead atoms. The number of amides is 2. The number of nitrogens with two attached hydrogens (primary N) is 1. The molecule has 1 unspecified atom stereocenters. The molecule has 9 heteroatoms. The number of aryl methyl sites for hydroxylation is 1. The van der Waals surface area contributed by atoms with Gasteiger partial charge >= 0.3 is 5.97 Å². The molecule has 9 nitrogen and oxygen atoms in total. The van der Waals surface area contributed by atoms with Crippen molar-refractivity contribution in [2.45, 2.75) is 50.5 Å². The number of hydrogen-bond donors (Lipinski definition) is 5. The maximum absolute atomic E-state index is 13.2. The Morgan fingerprint density at radius 2 is 1.97 bits per heavy atom. The molecule has 1 saturated heterocycles. The molecule has 0 spiro atoms. The zero-order chi connectivity index (χ0) is 27.1. The molecule has 0 aliphatic carbocycles. The second-order valence-electron chi connectivity index (χ2n) is 10.2. The van der Waals surface area contributed by atoms with Gasteiger partial charge in [0, 0.05) is 31.2 Å². The second-order valence-corrected chi connectivity index (χ2v) is 10.2. The van der Waals surface area contributed by atoms with Crippen LogP contribution in [0.25, 0.3) is 0 Å². The molecule has 38 heavy (non-hydrogen) atoms. The van der Waals surface area contributed by atoms with Crippen LogP contribution in [0, 0.1) is 11.3 Å². The smallest absolute Gasteiger partial charge is 0.304 e. The third-order valence-electron chi connectivity index (χ3n) is 7.60. The second kappa shape index (κ2) is 12.7. The first-order valence-electron chi connectivity index (χ1n) is 13.3. The number of nitrogens with one attached hydrogen (secondary N) is 3. The summed E-state index contributed by atoms with van der Waals surface area (Å²) in [5.41, 5.74) is 9.47. The van der Waals surface area contributed by atoms with E-state index >= 15 is 0 Å². The molecule has 2 aromatic rings. The van der Waals surface area contributed by atoms with E-state index in [4.69, 9.17) is 11.1 Å². The number of fused-ring (bicyclic) bond motifs is 1. The number of carboxylic acid groups (broad SMARTS) is 1. The number of carboxylic acids is 1. The minimum Gasteiger partial charge on any atom is -0.481 e. The highest BCUT2D eigenvalue weighted by Gasteiger charge is 2.39.